The number of likely N-dealkylation sites (N-methyl/N-ethyl adjacent to an activating group) is 1. The number of ether oxygens (including phenoxy) is 1. The minimum atomic E-state index is -0.473. The summed E-state index contributed by atoms with van der Waals surface area (Å²) in [5.74, 6) is -0.802. The molecule has 7 heteroatoms. The van der Waals surface area contributed by atoms with Crippen LogP contribution in [0.15, 0.2) is 0 Å². The molecule has 1 aliphatic rings. The molecule has 0 atom stereocenters. The Kier molecular flexibility index (Phi) is 6.27. The molecule has 0 aromatic rings. The van der Waals surface area contributed by atoms with Crippen molar-refractivity contribution >= 4 is 17.9 Å². The third-order valence-electron chi connectivity index (χ3n) is 2.64. The van der Waals surface area contributed by atoms with Crippen molar-refractivity contribution in [2.24, 2.45) is 0 Å². The zero-order chi connectivity index (χ0) is 14.3. The Morgan fingerprint density at radius 2 is 1.89 bits per heavy atom. The molecule has 1 rings (SSSR count). The van der Waals surface area contributed by atoms with Gasteiger partial charge in [0.05, 0.1) is 19.7 Å². The van der Waals surface area contributed by atoms with E-state index in [9.17, 15) is 14.4 Å². The number of nitrogens with one attached hydrogen (secondary N) is 2. The number of urea groups is 1. The lowest BCUT2D eigenvalue weighted by Crippen LogP contribution is -2.46. The van der Waals surface area contributed by atoms with Gasteiger partial charge in [-0.15, -0.1) is 0 Å². The smallest absolute Gasteiger partial charge is 0.321 e. The minimum absolute atomic E-state index is 0.00655. The largest absolute Gasteiger partial charge is 0.465 e. The van der Waals surface area contributed by atoms with Gasteiger partial charge >= 0.3 is 12.0 Å². The third-order valence-corrected chi connectivity index (χ3v) is 2.64. The van der Waals surface area contributed by atoms with Crippen molar-refractivity contribution in [3.63, 3.8) is 0 Å². The highest BCUT2D eigenvalue weighted by Gasteiger charge is 2.24. The van der Waals surface area contributed by atoms with Crippen LogP contribution in [0.5, 0.6) is 0 Å². The highest BCUT2D eigenvalue weighted by molar-refractivity contribution is 5.95. The molecule has 0 heterocycles. The van der Waals surface area contributed by atoms with Crippen LogP contribution in [0.4, 0.5) is 4.79 Å². The van der Waals surface area contributed by atoms with Crippen molar-refractivity contribution in [2.45, 2.75) is 32.7 Å². The maximum absolute atomic E-state index is 11.6. The fraction of sp³-hybridized carbons (Fsp3) is 0.750. The molecule has 2 N–H and O–H groups in total. The van der Waals surface area contributed by atoms with Gasteiger partial charge in [0.25, 0.3) is 0 Å². The van der Waals surface area contributed by atoms with E-state index in [1.807, 2.05) is 6.92 Å². The number of carbonyl (C=O) groups excluding carboxylic acids is 3. The van der Waals surface area contributed by atoms with E-state index in [2.05, 4.69) is 10.6 Å². The summed E-state index contributed by atoms with van der Waals surface area (Å²) in [6.07, 6.45) is 1.93. The van der Waals surface area contributed by atoms with Gasteiger partial charge in [0.15, 0.2) is 0 Å². The molecular weight excluding hydrogens is 250 g/mol. The summed E-state index contributed by atoms with van der Waals surface area (Å²) in [5.41, 5.74) is 0. The van der Waals surface area contributed by atoms with Gasteiger partial charge in [-0.05, 0) is 26.3 Å². The van der Waals surface area contributed by atoms with Gasteiger partial charge in [0.2, 0.25) is 5.91 Å². The van der Waals surface area contributed by atoms with Gasteiger partial charge in [-0.3, -0.25) is 19.8 Å². The second-order valence-electron chi connectivity index (χ2n) is 4.40. The van der Waals surface area contributed by atoms with E-state index >= 15 is 0 Å². The molecule has 0 saturated heterocycles. The fourth-order valence-corrected chi connectivity index (χ4v) is 1.49. The van der Waals surface area contributed by atoms with Crippen LogP contribution in [0, 0.1) is 0 Å². The summed E-state index contributed by atoms with van der Waals surface area (Å²) >= 11 is 0. The van der Waals surface area contributed by atoms with Crippen molar-refractivity contribution in [3.8, 4) is 0 Å². The second-order valence-corrected chi connectivity index (χ2v) is 4.40. The summed E-state index contributed by atoms with van der Waals surface area (Å²) < 4.78 is 4.81. The van der Waals surface area contributed by atoms with E-state index in [0.29, 0.717) is 13.2 Å². The Labute approximate surface area is 112 Å². The Morgan fingerprint density at radius 1 is 1.21 bits per heavy atom. The lowest BCUT2D eigenvalue weighted by molar-refractivity contribution is -0.144. The molecule has 108 valence electrons. The number of carbonyl (C=O) groups is 3. The number of nitrogens with zero attached hydrogens (tertiary/aromatic N) is 1. The molecule has 1 aliphatic carbocycles. The molecule has 0 aromatic heterocycles. The number of rotatable bonds is 7. The lowest BCUT2D eigenvalue weighted by atomic mass is 10.4. The highest BCUT2D eigenvalue weighted by atomic mass is 16.5. The number of hydrogen-bond acceptors (Lipinski definition) is 5. The Balaban J connectivity index is 2.26. The van der Waals surface area contributed by atoms with Gasteiger partial charge in [-0.1, -0.05) is 6.92 Å². The highest BCUT2D eigenvalue weighted by Crippen LogP contribution is 2.18. The van der Waals surface area contributed by atoms with Gasteiger partial charge in [0.1, 0.15) is 0 Å². The molecule has 7 nitrogen and oxygen atoms in total. The van der Waals surface area contributed by atoms with Crippen molar-refractivity contribution in [3.05, 3.63) is 0 Å². The summed E-state index contributed by atoms with van der Waals surface area (Å²) in [6, 6.07) is -0.269. The van der Waals surface area contributed by atoms with Crippen LogP contribution in [-0.2, 0) is 14.3 Å². The Hall–Kier alpha value is -1.63. The molecule has 0 radical (unpaired) electrons. The SMILES string of the molecule is CCOC(=O)CN(CC)CC(=O)NC(=O)NC1CC1. The first-order valence-corrected chi connectivity index (χ1v) is 6.53. The monoisotopic (exact) mass is 271 g/mol. The molecule has 19 heavy (non-hydrogen) atoms. The summed E-state index contributed by atoms with van der Waals surface area (Å²) in [7, 11) is 0. The van der Waals surface area contributed by atoms with Crippen molar-refractivity contribution in [1.82, 2.24) is 15.5 Å². The molecule has 0 aliphatic heterocycles. The topological polar surface area (TPSA) is 87.7 Å². The van der Waals surface area contributed by atoms with E-state index in [1.54, 1.807) is 11.8 Å². The summed E-state index contributed by atoms with van der Waals surface area (Å²) in [6.45, 7) is 4.43. The van der Waals surface area contributed by atoms with E-state index in [-0.39, 0.29) is 25.1 Å². The van der Waals surface area contributed by atoms with Crippen LogP contribution in [-0.4, -0.2) is 55.1 Å². The molecule has 0 unspecified atom stereocenters. The van der Waals surface area contributed by atoms with Gasteiger partial charge in [0, 0.05) is 6.04 Å². The number of amides is 3. The summed E-state index contributed by atoms with van der Waals surface area (Å²) in [5, 5.41) is 4.89. The summed E-state index contributed by atoms with van der Waals surface area (Å²) in [4.78, 5) is 35.8. The average molecular weight is 271 g/mol. The minimum Gasteiger partial charge on any atom is -0.465 e. The second kappa shape index (κ2) is 7.73. The molecule has 0 spiro atoms. The normalized spacial score (nSPS) is 14.1. The quantitative estimate of drug-likeness (QED) is 0.629. The zero-order valence-electron chi connectivity index (χ0n) is 11.4. The first kappa shape index (κ1) is 15.4. The van der Waals surface area contributed by atoms with Crippen LogP contribution in [0.2, 0.25) is 0 Å². The van der Waals surface area contributed by atoms with Crippen LogP contribution >= 0.6 is 0 Å². The standard InChI is InChI=1S/C12H21N3O4/c1-3-15(8-11(17)19-4-2)7-10(16)14-12(18)13-9-5-6-9/h9H,3-8H2,1-2H3,(H2,13,14,16,18). The fourth-order valence-electron chi connectivity index (χ4n) is 1.49. The van der Waals surface area contributed by atoms with Gasteiger partial charge in [-0.25, -0.2) is 4.79 Å². The molecule has 3 amide bonds. The van der Waals surface area contributed by atoms with Crippen LogP contribution in [0.3, 0.4) is 0 Å². The maximum atomic E-state index is 11.6. The Bertz CT molecular complexity index is 342. The zero-order valence-corrected chi connectivity index (χ0v) is 11.4. The number of imide groups is 1. The first-order valence-electron chi connectivity index (χ1n) is 6.53. The molecule has 0 aromatic carbocycles. The molecule has 1 fully saturated rings. The average Bonchev–Trinajstić information content (AvgIpc) is 3.11. The molecule has 1 saturated carbocycles. The maximum Gasteiger partial charge on any atom is 0.321 e. The molecule has 0 bridgehead atoms. The number of esters is 1. The Morgan fingerprint density at radius 3 is 2.42 bits per heavy atom. The van der Waals surface area contributed by atoms with Gasteiger partial charge < -0.3 is 10.1 Å². The van der Waals surface area contributed by atoms with E-state index < -0.39 is 11.9 Å². The lowest BCUT2D eigenvalue weighted by Gasteiger charge is -2.18. The van der Waals surface area contributed by atoms with Crippen LogP contribution in [0.1, 0.15) is 26.7 Å². The van der Waals surface area contributed by atoms with Crippen LogP contribution < -0.4 is 10.6 Å². The molecular formula is C12H21N3O4. The third kappa shape index (κ3) is 6.76. The van der Waals surface area contributed by atoms with Gasteiger partial charge in [-0.2, -0.15) is 0 Å². The predicted octanol–water partition coefficient (Wildman–Crippen LogP) is -0.140. The van der Waals surface area contributed by atoms with Crippen molar-refractivity contribution in [1.29, 1.82) is 0 Å². The first-order chi connectivity index (χ1) is 9.05. The number of hydrogen-bond donors (Lipinski definition) is 2. The van der Waals surface area contributed by atoms with Crippen LogP contribution in [0.25, 0.3) is 0 Å². The van der Waals surface area contributed by atoms with E-state index in [1.165, 1.54) is 0 Å². The van der Waals surface area contributed by atoms with E-state index in [4.69, 9.17) is 4.74 Å². The van der Waals surface area contributed by atoms with Crippen molar-refractivity contribution in [2.75, 3.05) is 26.2 Å². The van der Waals surface area contributed by atoms with Crippen molar-refractivity contribution < 1.29 is 19.1 Å². The van der Waals surface area contributed by atoms with E-state index in [0.717, 1.165) is 12.8 Å². The predicted molar refractivity (Wildman–Crippen MR) is 68.4 cm³/mol.